The Balaban J connectivity index is 1.68. The number of hydrogen-bond donors (Lipinski definition) is 1. The van der Waals surface area contributed by atoms with Crippen LogP contribution in [0.25, 0.3) is 5.69 Å². The van der Waals surface area contributed by atoms with Gasteiger partial charge in [-0.1, -0.05) is 17.7 Å². The highest BCUT2D eigenvalue weighted by atomic mass is 19.1. The molecular weight excluding hydrogens is 333 g/mol. The molecule has 5 nitrogen and oxygen atoms in total. The molecule has 134 valence electrons. The molecule has 0 aliphatic rings. The van der Waals surface area contributed by atoms with Gasteiger partial charge in [-0.25, -0.2) is 9.37 Å². The summed E-state index contributed by atoms with van der Waals surface area (Å²) in [6, 6.07) is 12.0. The monoisotopic (exact) mass is 353 g/mol. The van der Waals surface area contributed by atoms with Gasteiger partial charge in [-0.2, -0.15) is 0 Å². The molecule has 3 rings (SSSR count). The number of amides is 1. The number of nitrogens with one attached hydrogen (secondary N) is 1. The molecule has 0 fully saturated rings. The maximum atomic E-state index is 14.4. The topological polar surface area (TPSA) is 56.1 Å². The maximum Gasteiger partial charge on any atom is 0.265 e. The summed E-state index contributed by atoms with van der Waals surface area (Å²) in [6.07, 6.45) is 2.58. The molecule has 1 N–H and O–H groups in total. The second kappa shape index (κ2) is 7.39. The van der Waals surface area contributed by atoms with Crippen molar-refractivity contribution >= 4 is 11.6 Å². The minimum Gasteiger partial charge on any atom is -0.481 e. The van der Waals surface area contributed by atoms with Crippen LogP contribution in [-0.2, 0) is 4.79 Å². The number of halogens is 1. The van der Waals surface area contributed by atoms with E-state index in [4.69, 9.17) is 4.74 Å². The summed E-state index contributed by atoms with van der Waals surface area (Å²) < 4.78 is 21.7. The number of benzene rings is 2. The zero-order valence-electron chi connectivity index (χ0n) is 14.9. The second-order valence-corrected chi connectivity index (χ2v) is 6.07. The van der Waals surface area contributed by atoms with Gasteiger partial charge in [0.1, 0.15) is 17.4 Å². The van der Waals surface area contributed by atoms with Crippen LogP contribution >= 0.6 is 0 Å². The highest BCUT2D eigenvalue weighted by molar-refractivity contribution is 5.94. The molecule has 1 atom stereocenters. The van der Waals surface area contributed by atoms with Crippen LogP contribution in [-0.4, -0.2) is 21.6 Å². The molecule has 0 radical (unpaired) electrons. The van der Waals surface area contributed by atoms with Crippen LogP contribution in [0.4, 0.5) is 10.1 Å². The number of aryl methyl sites for hydroxylation is 2. The van der Waals surface area contributed by atoms with E-state index in [-0.39, 0.29) is 5.91 Å². The Labute approximate surface area is 151 Å². The SMILES string of the molecule is Cc1ccc(OC(C)C(=O)Nc2ccc(-n3ccnc3C)c(F)c2)cc1. The Hall–Kier alpha value is -3.15. The summed E-state index contributed by atoms with van der Waals surface area (Å²) >= 11 is 0. The van der Waals surface area contributed by atoms with Gasteiger partial charge in [0.25, 0.3) is 5.91 Å². The fourth-order valence-corrected chi connectivity index (χ4v) is 2.53. The molecular formula is C20H20FN3O2. The minimum atomic E-state index is -0.712. The lowest BCUT2D eigenvalue weighted by Crippen LogP contribution is -2.30. The Morgan fingerprint density at radius 1 is 1.19 bits per heavy atom. The summed E-state index contributed by atoms with van der Waals surface area (Å²) in [7, 11) is 0. The first-order valence-corrected chi connectivity index (χ1v) is 8.28. The number of anilines is 1. The van der Waals surface area contributed by atoms with Crippen molar-refractivity contribution in [3.8, 4) is 11.4 Å². The van der Waals surface area contributed by atoms with Crippen LogP contribution in [0.15, 0.2) is 54.9 Å². The van der Waals surface area contributed by atoms with Gasteiger partial charge in [0, 0.05) is 18.1 Å². The third-order valence-electron chi connectivity index (χ3n) is 4.00. The second-order valence-electron chi connectivity index (χ2n) is 6.07. The molecule has 3 aromatic rings. The Bertz CT molecular complexity index is 919. The van der Waals surface area contributed by atoms with Gasteiger partial charge in [-0.05, 0) is 51.1 Å². The number of nitrogens with zero attached hydrogens (tertiary/aromatic N) is 2. The zero-order valence-corrected chi connectivity index (χ0v) is 14.9. The predicted octanol–water partition coefficient (Wildman–Crippen LogP) is 4.03. The van der Waals surface area contributed by atoms with Crippen LogP contribution in [0.5, 0.6) is 5.75 Å². The van der Waals surface area contributed by atoms with Crippen molar-refractivity contribution in [2.24, 2.45) is 0 Å². The maximum absolute atomic E-state index is 14.4. The first-order valence-electron chi connectivity index (χ1n) is 8.28. The molecule has 0 bridgehead atoms. The van der Waals surface area contributed by atoms with E-state index in [2.05, 4.69) is 10.3 Å². The van der Waals surface area contributed by atoms with Crippen LogP contribution in [0.3, 0.4) is 0 Å². The number of imidazole rings is 1. The van der Waals surface area contributed by atoms with E-state index in [1.165, 1.54) is 6.07 Å². The van der Waals surface area contributed by atoms with Crippen molar-refractivity contribution in [1.82, 2.24) is 9.55 Å². The summed E-state index contributed by atoms with van der Waals surface area (Å²) in [5, 5.41) is 2.67. The van der Waals surface area contributed by atoms with Crippen molar-refractivity contribution in [2.75, 3.05) is 5.32 Å². The van der Waals surface area contributed by atoms with Gasteiger partial charge in [0.15, 0.2) is 6.10 Å². The summed E-state index contributed by atoms with van der Waals surface area (Å²) in [5.41, 5.74) is 1.86. The first-order chi connectivity index (χ1) is 12.4. The normalized spacial score (nSPS) is 11.8. The minimum absolute atomic E-state index is 0.350. The molecule has 0 spiro atoms. The quantitative estimate of drug-likeness (QED) is 0.753. The van der Waals surface area contributed by atoms with E-state index < -0.39 is 11.9 Å². The summed E-state index contributed by atoms with van der Waals surface area (Å²) in [5.74, 6) is 0.490. The average Bonchev–Trinajstić information content (AvgIpc) is 3.03. The van der Waals surface area contributed by atoms with Crippen molar-refractivity contribution in [3.05, 3.63) is 72.1 Å². The van der Waals surface area contributed by atoms with Crippen LogP contribution in [0, 0.1) is 19.7 Å². The molecule has 6 heteroatoms. The van der Waals surface area contributed by atoms with E-state index in [0.29, 0.717) is 22.9 Å². The summed E-state index contributed by atoms with van der Waals surface area (Å²) in [4.78, 5) is 16.4. The van der Waals surface area contributed by atoms with E-state index in [0.717, 1.165) is 5.56 Å². The van der Waals surface area contributed by atoms with E-state index in [9.17, 15) is 9.18 Å². The largest absolute Gasteiger partial charge is 0.481 e. The van der Waals surface area contributed by atoms with E-state index in [1.54, 1.807) is 55.1 Å². The molecule has 0 saturated heterocycles. The number of carbonyl (C=O) groups is 1. The fourth-order valence-electron chi connectivity index (χ4n) is 2.53. The molecule has 0 saturated carbocycles. The lowest BCUT2D eigenvalue weighted by molar-refractivity contribution is -0.122. The third kappa shape index (κ3) is 3.91. The molecule has 0 aliphatic carbocycles. The third-order valence-corrected chi connectivity index (χ3v) is 4.00. The average molecular weight is 353 g/mol. The molecule has 1 unspecified atom stereocenters. The van der Waals surface area contributed by atoms with Crippen LogP contribution in [0.1, 0.15) is 18.3 Å². The Morgan fingerprint density at radius 2 is 1.92 bits per heavy atom. The zero-order chi connectivity index (χ0) is 18.7. The number of rotatable bonds is 5. The number of carbonyl (C=O) groups excluding carboxylic acids is 1. The van der Waals surface area contributed by atoms with Gasteiger partial charge in [0.2, 0.25) is 0 Å². The fraction of sp³-hybridized carbons (Fsp3) is 0.200. The molecule has 1 heterocycles. The van der Waals surface area contributed by atoms with Gasteiger partial charge in [-0.15, -0.1) is 0 Å². The predicted molar refractivity (Wildman–Crippen MR) is 98.2 cm³/mol. The Kier molecular flexibility index (Phi) is 5.02. The first kappa shape index (κ1) is 17.7. The van der Waals surface area contributed by atoms with Gasteiger partial charge >= 0.3 is 0 Å². The van der Waals surface area contributed by atoms with Crippen molar-refractivity contribution < 1.29 is 13.9 Å². The van der Waals surface area contributed by atoms with Crippen LogP contribution < -0.4 is 10.1 Å². The number of aromatic nitrogens is 2. The molecule has 1 amide bonds. The van der Waals surface area contributed by atoms with Crippen LogP contribution in [0.2, 0.25) is 0 Å². The lowest BCUT2D eigenvalue weighted by atomic mass is 10.2. The number of hydrogen-bond acceptors (Lipinski definition) is 3. The van der Waals surface area contributed by atoms with Gasteiger partial charge in [-0.3, -0.25) is 4.79 Å². The lowest BCUT2D eigenvalue weighted by Gasteiger charge is -2.15. The van der Waals surface area contributed by atoms with Crippen molar-refractivity contribution in [3.63, 3.8) is 0 Å². The molecule has 26 heavy (non-hydrogen) atoms. The van der Waals surface area contributed by atoms with E-state index >= 15 is 0 Å². The molecule has 1 aromatic heterocycles. The van der Waals surface area contributed by atoms with E-state index in [1.807, 2.05) is 19.1 Å². The highest BCUT2D eigenvalue weighted by Crippen LogP contribution is 2.20. The highest BCUT2D eigenvalue weighted by Gasteiger charge is 2.16. The molecule has 0 aliphatic heterocycles. The molecule has 2 aromatic carbocycles. The van der Waals surface area contributed by atoms with Crippen molar-refractivity contribution in [1.29, 1.82) is 0 Å². The standard InChI is InChI=1S/C20H20FN3O2/c1-13-4-7-17(8-5-13)26-14(2)20(25)23-16-6-9-19(18(21)12-16)24-11-10-22-15(24)3/h4-12,14H,1-3H3,(H,23,25). The van der Waals surface area contributed by atoms with Gasteiger partial charge < -0.3 is 14.6 Å². The van der Waals surface area contributed by atoms with Gasteiger partial charge in [0.05, 0.1) is 5.69 Å². The summed E-state index contributed by atoms with van der Waals surface area (Å²) in [6.45, 7) is 5.41. The smallest absolute Gasteiger partial charge is 0.265 e. The Morgan fingerprint density at radius 3 is 2.54 bits per heavy atom. The van der Waals surface area contributed by atoms with Crippen molar-refractivity contribution in [2.45, 2.75) is 26.9 Å². The number of ether oxygens (including phenoxy) is 1.